The van der Waals surface area contributed by atoms with Crippen molar-refractivity contribution >= 4 is 30.7 Å². The monoisotopic (exact) mass is 327 g/mol. The van der Waals surface area contributed by atoms with Gasteiger partial charge >= 0.3 is 0 Å². The fourth-order valence-corrected chi connectivity index (χ4v) is 2.54. The zero-order valence-electron chi connectivity index (χ0n) is 13.4. The van der Waals surface area contributed by atoms with Gasteiger partial charge < -0.3 is 15.5 Å². The molecule has 1 saturated heterocycles. The first-order valence-electron chi connectivity index (χ1n) is 7.01. The Morgan fingerprint density at radius 2 is 1.95 bits per heavy atom. The van der Waals surface area contributed by atoms with Crippen LogP contribution < -0.4 is 10.6 Å². The van der Waals surface area contributed by atoms with Crippen LogP contribution in [0.5, 0.6) is 0 Å². The molecule has 0 aromatic rings. The van der Waals surface area contributed by atoms with E-state index in [0.29, 0.717) is 0 Å². The number of hydrogen-bond acceptors (Lipinski definition) is 3. The van der Waals surface area contributed by atoms with E-state index >= 15 is 0 Å². The van der Waals surface area contributed by atoms with Crippen molar-refractivity contribution in [3.8, 4) is 0 Å². The number of carbonyl (C=O) groups excluding carboxylic acids is 1. The van der Waals surface area contributed by atoms with Crippen molar-refractivity contribution in [1.29, 1.82) is 0 Å². The minimum atomic E-state index is 0. The van der Waals surface area contributed by atoms with Crippen molar-refractivity contribution < 1.29 is 4.79 Å². The van der Waals surface area contributed by atoms with Gasteiger partial charge in [0, 0.05) is 12.6 Å². The number of halogens is 2. The molecule has 0 aromatic carbocycles. The summed E-state index contributed by atoms with van der Waals surface area (Å²) in [6.45, 7) is 8.43. The lowest BCUT2D eigenvalue weighted by Crippen LogP contribution is -2.53. The average molecular weight is 328 g/mol. The highest BCUT2D eigenvalue weighted by Crippen LogP contribution is 2.21. The summed E-state index contributed by atoms with van der Waals surface area (Å²) in [6.07, 6.45) is 3.30. The first kappa shape index (κ1) is 22.3. The number of nitrogens with one attached hydrogen (secondary N) is 2. The molecule has 0 radical (unpaired) electrons. The molecule has 0 spiro atoms. The van der Waals surface area contributed by atoms with Crippen molar-refractivity contribution in [2.75, 3.05) is 27.2 Å². The van der Waals surface area contributed by atoms with Crippen LogP contribution in [0.4, 0.5) is 0 Å². The molecule has 0 bridgehead atoms. The molecule has 1 rings (SSSR count). The minimum absolute atomic E-state index is 0. The molecule has 1 unspecified atom stereocenters. The highest BCUT2D eigenvalue weighted by Gasteiger charge is 2.30. The van der Waals surface area contributed by atoms with Gasteiger partial charge in [-0.15, -0.1) is 24.8 Å². The van der Waals surface area contributed by atoms with Gasteiger partial charge in [-0.1, -0.05) is 20.3 Å². The van der Waals surface area contributed by atoms with Crippen molar-refractivity contribution in [3.05, 3.63) is 0 Å². The van der Waals surface area contributed by atoms with Gasteiger partial charge in [-0.05, 0) is 45.8 Å². The van der Waals surface area contributed by atoms with Gasteiger partial charge in [-0.25, -0.2) is 0 Å². The number of nitrogens with zero attached hydrogens (tertiary/aromatic N) is 1. The van der Waals surface area contributed by atoms with E-state index in [1.54, 1.807) is 0 Å². The fourth-order valence-electron chi connectivity index (χ4n) is 2.54. The Balaban J connectivity index is 0. The predicted octanol–water partition coefficient (Wildman–Crippen LogP) is 2.06. The van der Waals surface area contributed by atoms with Crippen LogP contribution in [-0.2, 0) is 4.79 Å². The Bertz CT molecular complexity index is 280. The zero-order chi connectivity index (χ0) is 13.8. The van der Waals surface area contributed by atoms with Crippen LogP contribution in [0.3, 0.4) is 0 Å². The first-order valence-corrected chi connectivity index (χ1v) is 7.01. The van der Waals surface area contributed by atoms with Crippen LogP contribution >= 0.6 is 24.8 Å². The molecule has 2 atom stereocenters. The second-order valence-corrected chi connectivity index (χ2v) is 6.46. The topological polar surface area (TPSA) is 44.4 Å². The lowest BCUT2D eigenvalue weighted by Gasteiger charge is -2.36. The summed E-state index contributed by atoms with van der Waals surface area (Å²) in [5.41, 5.74) is 0.0772. The van der Waals surface area contributed by atoms with E-state index in [4.69, 9.17) is 0 Å². The quantitative estimate of drug-likeness (QED) is 0.812. The van der Waals surface area contributed by atoms with Gasteiger partial charge in [0.2, 0.25) is 5.91 Å². The number of amides is 1. The number of rotatable bonds is 5. The van der Waals surface area contributed by atoms with Gasteiger partial charge in [0.15, 0.2) is 0 Å². The fraction of sp³-hybridized carbons (Fsp3) is 0.929. The standard InChI is InChI=1S/C14H29N3O.2ClH/c1-11(14(2,3)10-17(4)5)16-13(18)12-8-6-7-9-15-12;;/h11-12,15H,6-10H2,1-5H3,(H,16,18);2*1H/t11?,12-;;/m1../s1. The molecule has 1 aliphatic rings. The van der Waals surface area contributed by atoms with E-state index in [9.17, 15) is 4.79 Å². The van der Waals surface area contributed by atoms with E-state index in [1.165, 1.54) is 6.42 Å². The molecule has 4 nitrogen and oxygen atoms in total. The summed E-state index contributed by atoms with van der Waals surface area (Å²) >= 11 is 0. The normalized spacial score (nSPS) is 20.6. The number of piperidine rings is 1. The second-order valence-electron chi connectivity index (χ2n) is 6.46. The molecule has 0 aromatic heterocycles. The van der Waals surface area contributed by atoms with Crippen molar-refractivity contribution in [2.45, 2.75) is 52.1 Å². The van der Waals surface area contributed by atoms with E-state index in [2.05, 4.69) is 50.4 Å². The molecule has 122 valence electrons. The molecular formula is C14H31Cl2N3O. The third kappa shape index (κ3) is 7.11. The van der Waals surface area contributed by atoms with Crippen LogP contribution in [0.1, 0.15) is 40.0 Å². The summed E-state index contributed by atoms with van der Waals surface area (Å²) in [4.78, 5) is 14.3. The Labute approximate surface area is 136 Å². The summed E-state index contributed by atoms with van der Waals surface area (Å²) in [6, 6.07) is 0.187. The van der Waals surface area contributed by atoms with Crippen LogP contribution in [0.25, 0.3) is 0 Å². The first-order chi connectivity index (χ1) is 8.33. The maximum atomic E-state index is 12.2. The highest BCUT2D eigenvalue weighted by atomic mass is 35.5. The third-order valence-electron chi connectivity index (χ3n) is 3.88. The van der Waals surface area contributed by atoms with Crippen molar-refractivity contribution in [3.63, 3.8) is 0 Å². The van der Waals surface area contributed by atoms with Crippen LogP contribution in [0.2, 0.25) is 0 Å². The lowest BCUT2D eigenvalue weighted by atomic mass is 9.84. The van der Waals surface area contributed by atoms with E-state index in [1.807, 2.05) is 0 Å². The summed E-state index contributed by atoms with van der Waals surface area (Å²) in [5, 5.41) is 6.46. The molecule has 0 saturated carbocycles. The maximum Gasteiger partial charge on any atom is 0.237 e. The predicted molar refractivity (Wildman–Crippen MR) is 90.1 cm³/mol. The molecular weight excluding hydrogens is 297 g/mol. The largest absolute Gasteiger partial charge is 0.352 e. The minimum Gasteiger partial charge on any atom is -0.352 e. The SMILES string of the molecule is CC(NC(=O)[C@H]1CCCCN1)C(C)(C)CN(C)C.Cl.Cl. The lowest BCUT2D eigenvalue weighted by molar-refractivity contribution is -0.125. The Kier molecular flexibility index (Phi) is 10.9. The van der Waals surface area contributed by atoms with Gasteiger partial charge in [0.1, 0.15) is 0 Å². The van der Waals surface area contributed by atoms with E-state index in [-0.39, 0.29) is 48.2 Å². The molecule has 2 N–H and O–H groups in total. The molecule has 1 heterocycles. The number of hydrogen-bond donors (Lipinski definition) is 2. The molecule has 6 heteroatoms. The molecule has 1 amide bonds. The highest BCUT2D eigenvalue weighted by molar-refractivity contribution is 5.85. The Hall–Kier alpha value is -0.0300. The smallest absolute Gasteiger partial charge is 0.237 e. The van der Waals surface area contributed by atoms with Gasteiger partial charge in [-0.2, -0.15) is 0 Å². The van der Waals surface area contributed by atoms with Crippen molar-refractivity contribution in [2.24, 2.45) is 5.41 Å². The summed E-state index contributed by atoms with van der Waals surface area (Å²) in [7, 11) is 4.14. The molecule has 0 aliphatic carbocycles. The molecule has 1 fully saturated rings. The van der Waals surface area contributed by atoms with Crippen LogP contribution in [0.15, 0.2) is 0 Å². The molecule has 20 heavy (non-hydrogen) atoms. The second kappa shape index (κ2) is 9.82. The van der Waals surface area contributed by atoms with E-state index in [0.717, 1.165) is 25.9 Å². The van der Waals surface area contributed by atoms with Gasteiger partial charge in [-0.3, -0.25) is 4.79 Å². The van der Waals surface area contributed by atoms with Crippen LogP contribution in [0, 0.1) is 5.41 Å². The van der Waals surface area contributed by atoms with Gasteiger partial charge in [0.25, 0.3) is 0 Å². The van der Waals surface area contributed by atoms with Crippen molar-refractivity contribution in [1.82, 2.24) is 15.5 Å². The van der Waals surface area contributed by atoms with Gasteiger partial charge in [0.05, 0.1) is 6.04 Å². The summed E-state index contributed by atoms with van der Waals surface area (Å²) < 4.78 is 0. The number of carbonyl (C=O) groups is 1. The van der Waals surface area contributed by atoms with Crippen LogP contribution in [-0.4, -0.2) is 50.1 Å². The van der Waals surface area contributed by atoms with E-state index < -0.39 is 0 Å². The molecule has 1 aliphatic heterocycles. The zero-order valence-corrected chi connectivity index (χ0v) is 15.0. The maximum absolute atomic E-state index is 12.2. The average Bonchev–Trinajstić information content (AvgIpc) is 2.28. The Morgan fingerprint density at radius 1 is 1.35 bits per heavy atom. The Morgan fingerprint density at radius 3 is 2.40 bits per heavy atom. The summed E-state index contributed by atoms with van der Waals surface area (Å²) in [5.74, 6) is 0.161. The third-order valence-corrected chi connectivity index (χ3v) is 3.88.